The van der Waals surface area contributed by atoms with Gasteiger partial charge in [0.05, 0.1) is 11.1 Å². The van der Waals surface area contributed by atoms with Crippen LogP contribution in [-0.2, 0) is 10.2 Å². The van der Waals surface area contributed by atoms with E-state index in [1.54, 1.807) is 12.1 Å². The number of carbonyl (C=O) groups excluding carboxylic acids is 1. The minimum absolute atomic E-state index is 0.0968. The molecule has 3 nitrogen and oxygen atoms in total. The maximum atomic E-state index is 12.6. The van der Waals surface area contributed by atoms with Crippen molar-refractivity contribution in [2.45, 2.75) is 58.6 Å². The van der Waals surface area contributed by atoms with Crippen molar-refractivity contribution >= 4 is 17.5 Å². The van der Waals surface area contributed by atoms with E-state index in [0.29, 0.717) is 17.2 Å². The summed E-state index contributed by atoms with van der Waals surface area (Å²) in [5.74, 6) is 0.387. The number of benzene rings is 2. The molecule has 0 saturated heterocycles. The van der Waals surface area contributed by atoms with Crippen LogP contribution in [0.15, 0.2) is 48.5 Å². The summed E-state index contributed by atoms with van der Waals surface area (Å²) in [7, 11) is 0. The Morgan fingerprint density at radius 2 is 1.73 bits per heavy atom. The summed E-state index contributed by atoms with van der Waals surface area (Å²) in [5, 5.41) is 3.54. The fraction of sp³-hybridized carbons (Fsp3) is 0.409. The molecule has 2 rings (SSSR count). The highest BCUT2D eigenvalue weighted by Crippen LogP contribution is 2.26. The second-order valence-corrected chi connectivity index (χ2v) is 7.95. The smallest absolute Gasteiger partial charge is 0.261 e. The SMILES string of the molecule is CCC(Oc1ccccc1Cl)C(=O)NC(C)c1ccc(C(C)(C)C)cc1. The molecular formula is C22H28ClNO2. The maximum Gasteiger partial charge on any atom is 0.261 e. The van der Waals surface area contributed by atoms with E-state index < -0.39 is 6.10 Å². The topological polar surface area (TPSA) is 38.3 Å². The number of hydrogen-bond donors (Lipinski definition) is 1. The molecule has 0 spiro atoms. The predicted molar refractivity (Wildman–Crippen MR) is 108 cm³/mol. The van der Waals surface area contributed by atoms with Gasteiger partial charge in [-0.2, -0.15) is 0 Å². The summed E-state index contributed by atoms with van der Waals surface area (Å²) in [6.07, 6.45) is -0.0154. The lowest BCUT2D eigenvalue weighted by Gasteiger charge is -2.23. The number of amides is 1. The van der Waals surface area contributed by atoms with E-state index in [1.807, 2.05) is 26.0 Å². The first kappa shape index (κ1) is 20.3. The quantitative estimate of drug-likeness (QED) is 0.708. The molecule has 0 radical (unpaired) electrons. The molecule has 0 fully saturated rings. The zero-order valence-electron chi connectivity index (χ0n) is 16.2. The van der Waals surface area contributed by atoms with Crippen LogP contribution in [0, 0.1) is 0 Å². The molecule has 0 saturated carbocycles. The van der Waals surface area contributed by atoms with Crippen molar-refractivity contribution in [2.75, 3.05) is 0 Å². The molecule has 0 heterocycles. The van der Waals surface area contributed by atoms with Crippen LogP contribution < -0.4 is 10.1 Å². The van der Waals surface area contributed by atoms with Crippen molar-refractivity contribution in [3.8, 4) is 5.75 Å². The molecule has 2 unspecified atom stereocenters. The minimum atomic E-state index is -0.578. The molecule has 1 N–H and O–H groups in total. The van der Waals surface area contributed by atoms with E-state index in [1.165, 1.54) is 5.56 Å². The lowest BCUT2D eigenvalue weighted by Crippen LogP contribution is -2.39. The summed E-state index contributed by atoms with van der Waals surface area (Å²) in [4.78, 5) is 12.6. The molecule has 2 atom stereocenters. The summed E-state index contributed by atoms with van der Waals surface area (Å²) in [5.41, 5.74) is 2.45. The second kappa shape index (κ2) is 8.59. The van der Waals surface area contributed by atoms with E-state index in [9.17, 15) is 4.79 Å². The summed E-state index contributed by atoms with van der Waals surface area (Å²) >= 11 is 6.13. The highest BCUT2D eigenvalue weighted by Gasteiger charge is 2.22. The van der Waals surface area contributed by atoms with E-state index in [0.717, 1.165) is 5.56 Å². The van der Waals surface area contributed by atoms with Crippen LogP contribution in [0.4, 0.5) is 0 Å². The van der Waals surface area contributed by atoms with Gasteiger partial charge in [0.2, 0.25) is 0 Å². The molecule has 0 aliphatic rings. The minimum Gasteiger partial charge on any atom is -0.479 e. The van der Waals surface area contributed by atoms with Crippen molar-refractivity contribution in [3.05, 3.63) is 64.7 Å². The molecule has 0 aromatic heterocycles. The van der Waals surface area contributed by atoms with Crippen molar-refractivity contribution in [1.82, 2.24) is 5.32 Å². The van der Waals surface area contributed by atoms with Gasteiger partial charge in [0, 0.05) is 0 Å². The van der Waals surface area contributed by atoms with Gasteiger partial charge in [-0.3, -0.25) is 4.79 Å². The standard InChI is InChI=1S/C22H28ClNO2/c1-6-19(26-20-10-8-7-9-18(20)23)21(25)24-15(2)16-11-13-17(14-12-16)22(3,4)5/h7-15,19H,6H2,1-5H3,(H,24,25). The van der Waals surface area contributed by atoms with Gasteiger partial charge in [0.15, 0.2) is 6.10 Å². The van der Waals surface area contributed by atoms with Crippen LogP contribution in [0.25, 0.3) is 0 Å². The molecular weight excluding hydrogens is 346 g/mol. The lowest BCUT2D eigenvalue weighted by molar-refractivity contribution is -0.128. The Labute approximate surface area is 161 Å². The molecule has 2 aromatic carbocycles. The second-order valence-electron chi connectivity index (χ2n) is 7.55. The third-order valence-electron chi connectivity index (χ3n) is 4.40. The number of carbonyl (C=O) groups is 1. The van der Waals surface area contributed by atoms with E-state index in [-0.39, 0.29) is 17.4 Å². The van der Waals surface area contributed by atoms with Crippen LogP contribution >= 0.6 is 11.6 Å². The molecule has 0 aliphatic heterocycles. The van der Waals surface area contributed by atoms with Gasteiger partial charge in [-0.15, -0.1) is 0 Å². The number of rotatable bonds is 6. The van der Waals surface area contributed by atoms with E-state index >= 15 is 0 Å². The normalized spacial score (nSPS) is 13.8. The molecule has 2 aromatic rings. The van der Waals surface area contributed by atoms with Crippen molar-refractivity contribution in [1.29, 1.82) is 0 Å². The number of ether oxygens (including phenoxy) is 1. The van der Waals surface area contributed by atoms with Gasteiger partial charge in [0.1, 0.15) is 5.75 Å². The summed E-state index contributed by atoms with van der Waals surface area (Å²) < 4.78 is 5.81. The molecule has 4 heteroatoms. The Hall–Kier alpha value is -2.00. The fourth-order valence-corrected chi connectivity index (χ4v) is 2.86. The highest BCUT2D eigenvalue weighted by atomic mass is 35.5. The molecule has 26 heavy (non-hydrogen) atoms. The van der Waals surface area contributed by atoms with E-state index in [4.69, 9.17) is 16.3 Å². The highest BCUT2D eigenvalue weighted by molar-refractivity contribution is 6.32. The van der Waals surface area contributed by atoms with Crippen molar-refractivity contribution in [2.24, 2.45) is 0 Å². The first-order valence-corrected chi connectivity index (χ1v) is 9.42. The zero-order valence-corrected chi connectivity index (χ0v) is 16.9. The van der Waals surface area contributed by atoms with Gasteiger partial charge in [0.25, 0.3) is 5.91 Å². The van der Waals surface area contributed by atoms with Crippen LogP contribution in [0.1, 0.15) is 58.2 Å². The molecule has 1 amide bonds. The fourth-order valence-electron chi connectivity index (χ4n) is 2.68. The van der Waals surface area contributed by atoms with Crippen LogP contribution in [0.3, 0.4) is 0 Å². The van der Waals surface area contributed by atoms with Crippen LogP contribution in [0.5, 0.6) is 5.75 Å². The van der Waals surface area contributed by atoms with Gasteiger partial charge < -0.3 is 10.1 Å². The van der Waals surface area contributed by atoms with E-state index in [2.05, 4.69) is 50.4 Å². The Morgan fingerprint density at radius 1 is 1.12 bits per heavy atom. The van der Waals surface area contributed by atoms with Crippen molar-refractivity contribution < 1.29 is 9.53 Å². The third kappa shape index (κ3) is 5.25. The van der Waals surface area contributed by atoms with Gasteiger partial charge in [-0.25, -0.2) is 0 Å². The monoisotopic (exact) mass is 373 g/mol. The number of nitrogens with one attached hydrogen (secondary N) is 1. The number of halogens is 1. The van der Waals surface area contributed by atoms with Crippen molar-refractivity contribution in [3.63, 3.8) is 0 Å². The van der Waals surface area contributed by atoms with Crippen LogP contribution in [-0.4, -0.2) is 12.0 Å². The van der Waals surface area contributed by atoms with Gasteiger partial charge >= 0.3 is 0 Å². The maximum absolute atomic E-state index is 12.6. The Balaban J connectivity index is 2.03. The summed E-state index contributed by atoms with van der Waals surface area (Å²) in [6.45, 7) is 10.5. The van der Waals surface area contributed by atoms with Gasteiger partial charge in [-0.05, 0) is 42.0 Å². The largest absolute Gasteiger partial charge is 0.479 e. The third-order valence-corrected chi connectivity index (χ3v) is 4.72. The van der Waals surface area contributed by atoms with Gasteiger partial charge in [-0.1, -0.05) is 75.7 Å². The Morgan fingerprint density at radius 3 is 2.27 bits per heavy atom. The molecule has 0 bridgehead atoms. The molecule has 140 valence electrons. The number of para-hydroxylation sites is 1. The molecule has 0 aliphatic carbocycles. The Kier molecular flexibility index (Phi) is 6.71. The average Bonchev–Trinajstić information content (AvgIpc) is 2.60. The van der Waals surface area contributed by atoms with Crippen LogP contribution in [0.2, 0.25) is 5.02 Å². The first-order chi connectivity index (χ1) is 12.2. The Bertz CT molecular complexity index is 735. The predicted octanol–water partition coefficient (Wildman–Crippen LogP) is 5.67. The first-order valence-electron chi connectivity index (χ1n) is 9.04. The lowest BCUT2D eigenvalue weighted by atomic mass is 9.86. The summed E-state index contributed by atoms with van der Waals surface area (Å²) in [6, 6.07) is 15.5. The average molecular weight is 374 g/mol. The zero-order chi connectivity index (χ0) is 19.3. The number of hydrogen-bond acceptors (Lipinski definition) is 2.